The first kappa shape index (κ1) is 15.8. The fraction of sp³-hybridized carbons (Fsp3) is 0.143. The number of ether oxygens (including phenoxy) is 1. The van der Waals surface area contributed by atoms with Gasteiger partial charge in [0.15, 0.2) is 0 Å². The van der Waals surface area contributed by atoms with Crippen molar-refractivity contribution in [1.29, 1.82) is 0 Å². The molecule has 0 unspecified atom stereocenters. The number of aromatic carboxylic acids is 1. The second kappa shape index (κ2) is 6.02. The lowest BCUT2D eigenvalue weighted by atomic mass is 10.2. The molecular formula is C14H14N2O5S. The molecule has 0 aliphatic rings. The number of carbonyl (C=O) groups is 1. The van der Waals surface area contributed by atoms with Gasteiger partial charge in [-0.05, 0) is 36.8 Å². The van der Waals surface area contributed by atoms with Crippen molar-refractivity contribution in [3.63, 3.8) is 0 Å². The Kier molecular flexibility index (Phi) is 4.32. The molecule has 0 fully saturated rings. The number of methoxy groups -OCH3 is 1. The molecule has 1 aromatic heterocycles. The summed E-state index contributed by atoms with van der Waals surface area (Å²) in [4.78, 5) is 14.7. The maximum Gasteiger partial charge on any atom is 0.335 e. The molecule has 22 heavy (non-hydrogen) atoms. The van der Waals surface area contributed by atoms with Crippen molar-refractivity contribution in [3.8, 4) is 5.75 Å². The number of aromatic nitrogens is 1. The number of anilines is 1. The number of aryl methyl sites for hydroxylation is 1. The predicted octanol–water partition coefficient (Wildman–Crippen LogP) is 1.90. The molecule has 0 saturated heterocycles. The first-order valence-corrected chi connectivity index (χ1v) is 7.69. The van der Waals surface area contributed by atoms with Crippen LogP contribution in [0.5, 0.6) is 5.75 Å². The van der Waals surface area contributed by atoms with Crippen LogP contribution in [-0.2, 0) is 10.0 Å². The molecule has 8 heteroatoms. The minimum Gasteiger partial charge on any atom is -0.495 e. The Morgan fingerprint density at radius 2 is 2.05 bits per heavy atom. The van der Waals surface area contributed by atoms with Crippen molar-refractivity contribution in [3.05, 3.63) is 47.7 Å². The number of rotatable bonds is 5. The summed E-state index contributed by atoms with van der Waals surface area (Å²) in [6.07, 6.45) is 1.45. The van der Waals surface area contributed by atoms with Gasteiger partial charge in [-0.15, -0.1) is 0 Å². The maximum absolute atomic E-state index is 12.5. The molecule has 0 radical (unpaired) electrons. The van der Waals surface area contributed by atoms with E-state index in [2.05, 4.69) is 9.71 Å². The highest BCUT2D eigenvalue weighted by Gasteiger charge is 2.22. The van der Waals surface area contributed by atoms with Gasteiger partial charge >= 0.3 is 5.97 Å². The topological polar surface area (TPSA) is 106 Å². The van der Waals surface area contributed by atoms with Gasteiger partial charge in [-0.2, -0.15) is 0 Å². The zero-order chi connectivity index (χ0) is 16.3. The Labute approximate surface area is 127 Å². The molecule has 0 amide bonds. The van der Waals surface area contributed by atoms with Crippen molar-refractivity contribution in [2.24, 2.45) is 0 Å². The molecule has 2 rings (SSSR count). The Balaban J connectivity index is 2.51. The van der Waals surface area contributed by atoms with Gasteiger partial charge in [-0.1, -0.05) is 6.07 Å². The molecule has 1 heterocycles. The molecule has 116 valence electrons. The average molecular weight is 322 g/mol. The number of carboxylic acid groups (broad SMARTS) is 1. The molecule has 2 N–H and O–H groups in total. The van der Waals surface area contributed by atoms with E-state index < -0.39 is 16.0 Å². The van der Waals surface area contributed by atoms with E-state index in [0.717, 1.165) is 6.07 Å². The van der Waals surface area contributed by atoms with Crippen molar-refractivity contribution in [2.75, 3.05) is 11.8 Å². The standard InChI is InChI=1S/C14H14N2O5S/c1-9-4-3-7-15-13(9)16-22(19,20)12-8-10(14(17)18)5-6-11(12)21-2/h3-8H,1-2H3,(H,15,16)(H,17,18). The molecule has 0 saturated carbocycles. The first-order valence-electron chi connectivity index (χ1n) is 6.21. The van der Waals surface area contributed by atoms with E-state index in [4.69, 9.17) is 9.84 Å². The first-order chi connectivity index (χ1) is 10.3. The number of pyridine rings is 1. The lowest BCUT2D eigenvalue weighted by Gasteiger charge is -2.12. The summed E-state index contributed by atoms with van der Waals surface area (Å²) >= 11 is 0. The number of carboxylic acids is 1. The van der Waals surface area contributed by atoms with Gasteiger partial charge in [0.05, 0.1) is 12.7 Å². The molecular weight excluding hydrogens is 308 g/mol. The van der Waals surface area contributed by atoms with Crippen LogP contribution in [0.2, 0.25) is 0 Å². The fourth-order valence-electron chi connectivity index (χ4n) is 1.79. The van der Waals surface area contributed by atoms with Crippen LogP contribution in [0.25, 0.3) is 0 Å². The van der Waals surface area contributed by atoms with E-state index in [9.17, 15) is 13.2 Å². The van der Waals surface area contributed by atoms with Crippen LogP contribution < -0.4 is 9.46 Å². The zero-order valence-electron chi connectivity index (χ0n) is 11.9. The Bertz CT molecular complexity index is 818. The highest BCUT2D eigenvalue weighted by Crippen LogP contribution is 2.27. The Morgan fingerprint density at radius 3 is 2.64 bits per heavy atom. The molecule has 2 aromatic rings. The van der Waals surface area contributed by atoms with E-state index in [1.807, 2.05) is 0 Å². The minimum atomic E-state index is -4.04. The molecule has 0 spiro atoms. The van der Waals surface area contributed by atoms with Crippen molar-refractivity contribution in [2.45, 2.75) is 11.8 Å². The lowest BCUT2D eigenvalue weighted by molar-refractivity contribution is 0.0696. The number of hydrogen-bond donors (Lipinski definition) is 2. The van der Waals surface area contributed by atoms with Crippen LogP contribution >= 0.6 is 0 Å². The number of nitrogens with zero attached hydrogens (tertiary/aromatic N) is 1. The Morgan fingerprint density at radius 1 is 1.32 bits per heavy atom. The molecule has 0 atom stereocenters. The fourth-order valence-corrected chi connectivity index (χ4v) is 3.07. The summed E-state index contributed by atoms with van der Waals surface area (Å²) < 4.78 is 32.3. The van der Waals surface area contributed by atoms with Gasteiger partial charge in [0, 0.05) is 6.20 Å². The smallest absolute Gasteiger partial charge is 0.335 e. The summed E-state index contributed by atoms with van der Waals surface area (Å²) in [5, 5.41) is 9.00. The molecule has 0 aliphatic heterocycles. The summed E-state index contributed by atoms with van der Waals surface area (Å²) in [7, 11) is -2.73. The van der Waals surface area contributed by atoms with Crippen LogP contribution in [0, 0.1) is 6.92 Å². The highest BCUT2D eigenvalue weighted by molar-refractivity contribution is 7.92. The van der Waals surface area contributed by atoms with Gasteiger partial charge in [0.25, 0.3) is 10.0 Å². The minimum absolute atomic E-state index is 0.0473. The lowest BCUT2D eigenvalue weighted by Crippen LogP contribution is -2.16. The maximum atomic E-state index is 12.5. The highest BCUT2D eigenvalue weighted by atomic mass is 32.2. The van der Waals surface area contributed by atoms with E-state index in [0.29, 0.717) is 5.56 Å². The van der Waals surface area contributed by atoms with Gasteiger partial charge in [-0.25, -0.2) is 18.2 Å². The van der Waals surface area contributed by atoms with Gasteiger partial charge in [0.1, 0.15) is 16.5 Å². The van der Waals surface area contributed by atoms with Crippen LogP contribution in [0.4, 0.5) is 5.82 Å². The van der Waals surface area contributed by atoms with E-state index >= 15 is 0 Å². The third-order valence-corrected chi connectivity index (χ3v) is 4.30. The monoisotopic (exact) mass is 322 g/mol. The molecule has 0 aliphatic carbocycles. The van der Waals surface area contributed by atoms with Crippen molar-refractivity contribution in [1.82, 2.24) is 4.98 Å². The quantitative estimate of drug-likeness (QED) is 0.871. The van der Waals surface area contributed by atoms with Gasteiger partial charge in [-0.3, -0.25) is 4.72 Å². The van der Waals surface area contributed by atoms with Gasteiger partial charge < -0.3 is 9.84 Å². The van der Waals surface area contributed by atoms with Crippen LogP contribution in [-0.4, -0.2) is 31.6 Å². The summed E-state index contributed by atoms with van der Waals surface area (Å²) in [6, 6.07) is 6.99. The third kappa shape index (κ3) is 3.17. The third-order valence-electron chi connectivity index (χ3n) is 2.94. The van der Waals surface area contributed by atoms with Gasteiger partial charge in [0.2, 0.25) is 0 Å². The number of hydrogen-bond acceptors (Lipinski definition) is 5. The number of sulfonamides is 1. The predicted molar refractivity (Wildman–Crippen MR) is 79.7 cm³/mol. The number of nitrogens with one attached hydrogen (secondary N) is 1. The SMILES string of the molecule is COc1ccc(C(=O)O)cc1S(=O)(=O)Nc1ncccc1C. The van der Waals surface area contributed by atoms with E-state index in [1.165, 1.54) is 25.4 Å². The van der Waals surface area contributed by atoms with Crippen molar-refractivity contribution < 1.29 is 23.1 Å². The summed E-state index contributed by atoms with van der Waals surface area (Å²) in [5.74, 6) is -1.01. The van der Waals surface area contributed by atoms with Crippen LogP contribution in [0.15, 0.2) is 41.4 Å². The second-order valence-electron chi connectivity index (χ2n) is 4.45. The van der Waals surface area contributed by atoms with E-state index in [-0.39, 0.29) is 22.0 Å². The zero-order valence-corrected chi connectivity index (χ0v) is 12.7. The van der Waals surface area contributed by atoms with E-state index in [1.54, 1.807) is 19.1 Å². The summed E-state index contributed by atoms with van der Waals surface area (Å²) in [6.45, 7) is 1.70. The normalized spacial score (nSPS) is 11.0. The van der Waals surface area contributed by atoms with Crippen LogP contribution in [0.3, 0.4) is 0 Å². The number of benzene rings is 1. The summed E-state index contributed by atoms with van der Waals surface area (Å²) in [5.41, 5.74) is 0.485. The molecule has 1 aromatic carbocycles. The average Bonchev–Trinajstić information content (AvgIpc) is 2.48. The Hall–Kier alpha value is -2.61. The van der Waals surface area contributed by atoms with Crippen LogP contribution in [0.1, 0.15) is 15.9 Å². The molecule has 0 bridgehead atoms. The largest absolute Gasteiger partial charge is 0.495 e. The molecule has 7 nitrogen and oxygen atoms in total. The second-order valence-corrected chi connectivity index (χ2v) is 6.10. The van der Waals surface area contributed by atoms with Crippen molar-refractivity contribution >= 4 is 21.8 Å².